The van der Waals surface area contributed by atoms with Crippen LogP contribution in [0.1, 0.15) is 5.76 Å². The summed E-state index contributed by atoms with van der Waals surface area (Å²) in [7, 11) is 0. The SMILES string of the molecule is Brc1cn2ccnc2c(NCCc2ccco2)n1. The number of rotatable bonds is 4. The van der Waals surface area contributed by atoms with E-state index in [1.54, 1.807) is 12.5 Å². The van der Waals surface area contributed by atoms with Gasteiger partial charge in [0.1, 0.15) is 10.4 Å². The van der Waals surface area contributed by atoms with E-state index in [1.807, 2.05) is 28.9 Å². The summed E-state index contributed by atoms with van der Waals surface area (Å²) in [4.78, 5) is 8.65. The summed E-state index contributed by atoms with van der Waals surface area (Å²) >= 11 is 3.38. The van der Waals surface area contributed by atoms with Gasteiger partial charge in [-0.2, -0.15) is 0 Å². The summed E-state index contributed by atoms with van der Waals surface area (Å²) in [6.07, 6.45) is 8.01. The Morgan fingerprint density at radius 2 is 2.39 bits per heavy atom. The van der Waals surface area contributed by atoms with Crippen LogP contribution in [0.3, 0.4) is 0 Å². The summed E-state index contributed by atoms with van der Waals surface area (Å²) in [5.41, 5.74) is 0.817. The Balaban J connectivity index is 1.75. The van der Waals surface area contributed by atoms with Gasteiger partial charge in [-0.3, -0.25) is 0 Å². The van der Waals surface area contributed by atoms with E-state index in [2.05, 4.69) is 31.2 Å². The molecule has 0 spiro atoms. The lowest BCUT2D eigenvalue weighted by Crippen LogP contribution is -2.07. The lowest BCUT2D eigenvalue weighted by atomic mass is 10.3. The summed E-state index contributed by atoms with van der Waals surface area (Å²) in [5.74, 6) is 1.72. The highest BCUT2D eigenvalue weighted by Crippen LogP contribution is 2.16. The Bertz CT molecular complexity index is 647. The number of anilines is 1. The Morgan fingerprint density at radius 3 is 3.22 bits per heavy atom. The van der Waals surface area contributed by atoms with Crippen molar-refractivity contribution in [1.29, 1.82) is 0 Å². The van der Waals surface area contributed by atoms with Gasteiger partial charge >= 0.3 is 0 Å². The fourth-order valence-corrected chi connectivity index (χ4v) is 2.18. The number of imidazole rings is 1. The maximum Gasteiger partial charge on any atom is 0.180 e. The van der Waals surface area contributed by atoms with E-state index in [-0.39, 0.29) is 0 Å². The number of furan rings is 1. The number of hydrogen-bond acceptors (Lipinski definition) is 4. The highest BCUT2D eigenvalue weighted by Gasteiger charge is 2.06. The molecule has 0 fully saturated rings. The van der Waals surface area contributed by atoms with Crippen LogP contribution < -0.4 is 5.32 Å². The van der Waals surface area contributed by atoms with Crippen LogP contribution in [0.5, 0.6) is 0 Å². The number of hydrogen-bond donors (Lipinski definition) is 1. The highest BCUT2D eigenvalue weighted by molar-refractivity contribution is 9.10. The number of nitrogens with zero attached hydrogens (tertiary/aromatic N) is 3. The van der Waals surface area contributed by atoms with Crippen LogP contribution >= 0.6 is 15.9 Å². The third-order valence-electron chi connectivity index (χ3n) is 2.59. The second kappa shape index (κ2) is 4.81. The van der Waals surface area contributed by atoms with Crippen molar-refractivity contribution in [3.05, 3.63) is 47.3 Å². The predicted molar refractivity (Wildman–Crippen MR) is 71.6 cm³/mol. The molecule has 0 aliphatic carbocycles. The monoisotopic (exact) mass is 306 g/mol. The molecule has 0 amide bonds. The van der Waals surface area contributed by atoms with Crippen molar-refractivity contribution in [2.75, 3.05) is 11.9 Å². The normalized spacial score (nSPS) is 10.9. The van der Waals surface area contributed by atoms with Crippen LogP contribution in [0.4, 0.5) is 5.82 Å². The van der Waals surface area contributed by atoms with Gasteiger partial charge in [0.15, 0.2) is 11.5 Å². The maximum atomic E-state index is 5.28. The van der Waals surface area contributed by atoms with Crippen LogP contribution in [-0.4, -0.2) is 20.9 Å². The van der Waals surface area contributed by atoms with Crippen molar-refractivity contribution in [3.63, 3.8) is 0 Å². The lowest BCUT2D eigenvalue weighted by molar-refractivity contribution is 0.513. The first-order valence-electron chi connectivity index (χ1n) is 5.58. The average molecular weight is 307 g/mol. The van der Waals surface area contributed by atoms with Crippen LogP contribution in [0.25, 0.3) is 5.65 Å². The van der Waals surface area contributed by atoms with E-state index in [1.165, 1.54) is 0 Å². The molecule has 0 unspecified atom stereocenters. The topological polar surface area (TPSA) is 55.4 Å². The lowest BCUT2D eigenvalue weighted by Gasteiger charge is -2.06. The van der Waals surface area contributed by atoms with E-state index < -0.39 is 0 Å². The van der Waals surface area contributed by atoms with E-state index in [0.717, 1.165) is 34.8 Å². The summed E-state index contributed by atoms with van der Waals surface area (Å²) in [6, 6.07) is 3.85. The van der Waals surface area contributed by atoms with Gasteiger partial charge in [-0.05, 0) is 28.1 Å². The predicted octanol–water partition coefficient (Wildman–Crippen LogP) is 2.74. The van der Waals surface area contributed by atoms with Gasteiger partial charge in [-0.1, -0.05) is 0 Å². The first-order valence-corrected chi connectivity index (χ1v) is 6.38. The summed E-state index contributed by atoms with van der Waals surface area (Å²) in [5, 5.41) is 3.27. The second-order valence-corrected chi connectivity index (χ2v) is 4.64. The zero-order valence-corrected chi connectivity index (χ0v) is 11.1. The number of aromatic nitrogens is 3. The fourth-order valence-electron chi connectivity index (χ4n) is 1.78. The molecule has 18 heavy (non-hydrogen) atoms. The van der Waals surface area contributed by atoms with Crippen molar-refractivity contribution < 1.29 is 4.42 Å². The molecule has 0 saturated carbocycles. The first-order chi connectivity index (χ1) is 8.83. The fraction of sp³-hybridized carbons (Fsp3) is 0.167. The van der Waals surface area contributed by atoms with Gasteiger partial charge in [-0.15, -0.1) is 0 Å². The zero-order chi connectivity index (χ0) is 12.4. The van der Waals surface area contributed by atoms with Crippen molar-refractivity contribution in [3.8, 4) is 0 Å². The maximum absolute atomic E-state index is 5.28. The Kier molecular flexibility index (Phi) is 3.02. The molecule has 3 heterocycles. The molecule has 1 N–H and O–H groups in total. The molecule has 3 aromatic rings. The molecule has 92 valence electrons. The summed E-state index contributed by atoms with van der Waals surface area (Å²) in [6.45, 7) is 0.749. The van der Waals surface area contributed by atoms with Crippen LogP contribution in [-0.2, 0) is 6.42 Å². The standard InChI is InChI=1S/C12H11BrN4O/c13-10-8-17-6-5-15-12(17)11(16-10)14-4-3-9-2-1-7-18-9/h1-2,5-8H,3-4H2,(H,14,16). The van der Waals surface area contributed by atoms with E-state index in [4.69, 9.17) is 4.42 Å². The Morgan fingerprint density at radius 1 is 1.44 bits per heavy atom. The number of halogens is 1. The number of nitrogens with one attached hydrogen (secondary N) is 1. The molecular weight excluding hydrogens is 296 g/mol. The Hall–Kier alpha value is -1.82. The third kappa shape index (κ3) is 2.24. The molecule has 3 rings (SSSR count). The third-order valence-corrected chi connectivity index (χ3v) is 2.97. The molecule has 5 nitrogen and oxygen atoms in total. The largest absolute Gasteiger partial charge is 0.469 e. The molecule has 6 heteroatoms. The molecule has 0 aromatic carbocycles. The second-order valence-electron chi connectivity index (χ2n) is 3.83. The van der Waals surface area contributed by atoms with Crippen molar-refractivity contribution >= 4 is 27.4 Å². The summed E-state index contributed by atoms with van der Waals surface area (Å²) < 4.78 is 7.97. The smallest absolute Gasteiger partial charge is 0.180 e. The first kappa shape index (κ1) is 11.3. The highest BCUT2D eigenvalue weighted by atomic mass is 79.9. The van der Waals surface area contributed by atoms with Gasteiger partial charge in [0.05, 0.1) is 6.26 Å². The molecule has 0 bridgehead atoms. The van der Waals surface area contributed by atoms with Crippen LogP contribution in [0, 0.1) is 0 Å². The average Bonchev–Trinajstić information content (AvgIpc) is 2.98. The van der Waals surface area contributed by atoms with Crippen LogP contribution in [0.2, 0.25) is 0 Å². The molecule has 0 saturated heterocycles. The van der Waals surface area contributed by atoms with E-state index in [9.17, 15) is 0 Å². The molecule has 0 aliphatic heterocycles. The minimum Gasteiger partial charge on any atom is -0.469 e. The van der Waals surface area contributed by atoms with Gasteiger partial charge in [0.2, 0.25) is 0 Å². The van der Waals surface area contributed by atoms with Gasteiger partial charge in [0, 0.05) is 31.6 Å². The van der Waals surface area contributed by atoms with E-state index >= 15 is 0 Å². The Labute approximate surface area is 112 Å². The quantitative estimate of drug-likeness (QED) is 0.805. The molecule has 0 atom stereocenters. The minimum atomic E-state index is 0.749. The van der Waals surface area contributed by atoms with Crippen molar-refractivity contribution in [2.24, 2.45) is 0 Å². The van der Waals surface area contributed by atoms with Crippen molar-refractivity contribution in [2.45, 2.75) is 6.42 Å². The molecular formula is C12H11BrN4O. The molecule has 0 radical (unpaired) electrons. The number of fused-ring (bicyclic) bond motifs is 1. The van der Waals surface area contributed by atoms with E-state index in [0.29, 0.717) is 0 Å². The van der Waals surface area contributed by atoms with Crippen molar-refractivity contribution in [1.82, 2.24) is 14.4 Å². The molecule has 3 aromatic heterocycles. The molecule has 0 aliphatic rings. The zero-order valence-electron chi connectivity index (χ0n) is 9.51. The van der Waals surface area contributed by atoms with Crippen LogP contribution in [0.15, 0.2) is 46.0 Å². The van der Waals surface area contributed by atoms with Gasteiger partial charge in [-0.25, -0.2) is 9.97 Å². The van der Waals surface area contributed by atoms with Gasteiger partial charge in [0.25, 0.3) is 0 Å². The van der Waals surface area contributed by atoms with Gasteiger partial charge < -0.3 is 14.1 Å². The minimum absolute atomic E-state index is 0.749.